The van der Waals surface area contributed by atoms with Gasteiger partial charge in [0.15, 0.2) is 6.10 Å². The molecule has 0 unspecified atom stereocenters. The highest BCUT2D eigenvalue weighted by atomic mass is 16.6. The molecule has 27 heavy (non-hydrogen) atoms. The summed E-state index contributed by atoms with van der Waals surface area (Å²) in [6.07, 6.45) is -3.41. The lowest BCUT2D eigenvalue weighted by Gasteiger charge is -2.48. The van der Waals surface area contributed by atoms with Crippen LogP contribution in [0.25, 0.3) is 0 Å². The molecule has 1 amide bonds. The molecule has 1 fully saturated rings. The standard InChI is InChI=1S/C17H27NO9/c1-6-7-8-24-16(23)18-17(15(21)22)9(2)13(25-11(4)19)14(10(3)27-17)26-12(5)20/h9-10,13-14H,6-8H2,1-5H3,(H,18,23)(H,21,22)/t9-,10-,13-,14-,17+/m1/s1/i4T,5T. The molecule has 5 atom stereocenters. The van der Waals surface area contributed by atoms with Crippen LogP contribution >= 0.6 is 0 Å². The Morgan fingerprint density at radius 3 is 2.26 bits per heavy atom. The van der Waals surface area contributed by atoms with Gasteiger partial charge in [-0.25, -0.2) is 9.59 Å². The van der Waals surface area contributed by atoms with Gasteiger partial charge in [0.1, 0.15) is 6.10 Å². The zero-order valence-electron chi connectivity index (χ0n) is 17.6. The third-order valence-electron chi connectivity index (χ3n) is 4.16. The van der Waals surface area contributed by atoms with Crippen LogP contribution in [0.3, 0.4) is 0 Å². The van der Waals surface area contributed by atoms with Crippen molar-refractivity contribution >= 4 is 24.0 Å². The number of aliphatic carboxylic acids is 1. The third kappa shape index (κ3) is 5.56. The van der Waals surface area contributed by atoms with Crippen molar-refractivity contribution in [3.05, 3.63) is 0 Å². The number of carbonyl (C=O) groups excluding carboxylic acids is 3. The lowest BCUT2D eigenvalue weighted by molar-refractivity contribution is -0.260. The second-order valence-electron chi connectivity index (χ2n) is 6.18. The van der Waals surface area contributed by atoms with Gasteiger partial charge in [-0.1, -0.05) is 20.3 Å². The van der Waals surface area contributed by atoms with Crippen LogP contribution in [-0.2, 0) is 33.3 Å². The third-order valence-corrected chi connectivity index (χ3v) is 4.16. The smallest absolute Gasteiger partial charge is 0.409 e. The number of carboxylic acids is 1. The van der Waals surface area contributed by atoms with Crippen LogP contribution in [0, 0.1) is 5.92 Å². The summed E-state index contributed by atoms with van der Waals surface area (Å²) < 4.78 is 35.0. The van der Waals surface area contributed by atoms with Gasteiger partial charge in [0.25, 0.3) is 0 Å². The quantitative estimate of drug-likeness (QED) is 0.371. The highest BCUT2D eigenvalue weighted by Crippen LogP contribution is 2.36. The summed E-state index contributed by atoms with van der Waals surface area (Å²) >= 11 is 0. The molecule has 2 N–H and O–H groups in total. The van der Waals surface area contributed by atoms with Crippen molar-refractivity contribution in [2.24, 2.45) is 5.92 Å². The molecule has 1 heterocycles. The topological polar surface area (TPSA) is 137 Å². The number of amides is 1. The Hall–Kier alpha value is -2.36. The number of nitrogens with one attached hydrogen (secondary N) is 1. The maximum absolute atomic E-state index is 12.1. The largest absolute Gasteiger partial charge is 0.478 e. The summed E-state index contributed by atoms with van der Waals surface area (Å²) in [7, 11) is 0. The van der Waals surface area contributed by atoms with Crippen molar-refractivity contribution in [3.63, 3.8) is 0 Å². The van der Waals surface area contributed by atoms with Crippen LogP contribution in [-0.4, -0.2) is 59.8 Å². The van der Waals surface area contributed by atoms with E-state index in [4.69, 9.17) is 21.7 Å². The molecule has 10 heteroatoms. The second-order valence-corrected chi connectivity index (χ2v) is 6.18. The summed E-state index contributed by atoms with van der Waals surface area (Å²) in [4.78, 5) is 47.5. The zero-order valence-corrected chi connectivity index (χ0v) is 15.6. The first-order valence-corrected chi connectivity index (χ1v) is 8.46. The van der Waals surface area contributed by atoms with E-state index in [1.54, 1.807) is 0 Å². The molecule has 1 rings (SSSR count). The van der Waals surface area contributed by atoms with E-state index in [0.29, 0.717) is 6.42 Å². The van der Waals surface area contributed by atoms with Gasteiger partial charge < -0.3 is 24.1 Å². The van der Waals surface area contributed by atoms with E-state index in [1.807, 2.05) is 6.92 Å². The molecule has 154 valence electrons. The SMILES string of the molecule is [3H]CC(=O)O[C@H]1[C@H](OC(=O)C[3H])[C@@H](C)O[C@](NC(=O)OCCCC)(C(=O)O)[C@@H]1C. The number of hydrogen-bond donors (Lipinski definition) is 2. The average molecular weight is 393 g/mol. The number of esters is 2. The molecule has 0 aromatic heterocycles. The van der Waals surface area contributed by atoms with Crippen molar-refractivity contribution < 1.29 is 46.0 Å². The second kappa shape index (κ2) is 9.54. The lowest BCUT2D eigenvalue weighted by atomic mass is 9.83. The minimum atomic E-state index is -2.33. The van der Waals surface area contributed by atoms with Gasteiger partial charge in [0, 0.05) is 16.5 Å². The molecular formula is C17H27NO9. The summed E-state index contributed by atoms with van der Waals surface area (Å²) in [6.45, 7) is 3.21. The first-order valence-electron chi connectivity index (χ1n) is 9.87. The van der Waals surface area contributed by atoms with Crippen LogP contribution in [0.5, 0.6) is 0 Å². The molecule has 0 radical (unpaired) electrons. The molecule has 10 nitrogen and oxygen atoms in total. The summed E-state index contributed by atoms with van der Waals surface area (Å²) in [5, 5.41) is 12.0. The van der Waals surface area contributed by atoms with E-state index in [1.165, 1.54) is 13.8 Å². The number of alkyl carbamates (subject to hydrolysis) is 1. The zero-order chi connectivity index (χ0) is 22.2. The molecule has 0 bridgehead atoms. The fraction of sp³-hybridized carbons (Fsp3) is 0.765. The maximum Gasteiger partial charge on any atom is 0.409 e. The van der Waals surface area contributed by atoms with Gasteiger partial charge in [-0.2, -0.15) is 0 Å². The van der Waals surface area contributed by atoms with Gasteiger partial charge >= 0.3 is 24.0 Å². The fourth-order valence-electron chi connectivity index (χ4n) is 2.82. The molecular weight excluding hydrogens is 362 g/mol. The highest BCUT2D eigenvalue weighted by molar-refractivity contribution is 5.83. The number of hydrogen-bond acceptors (Lipinski definition) is 8. The first kappa shape index (κ1) is 19.4. The Bertz CT molecular complexity index is 618. The van der Waals surface area contributed by atoms with Crippen molar-refractivity contribution in [1.29, 1.82) is 0 Å². The Morgan fingerprint density at radius 1 is 1.15 bits per heavy atom. The van der Waals surface area contributed by atoms with Crippen molar-refractivity contribution in [2.45, 2.75) is 71.4 Å². The molecule has 0 aromatic rings. The Morgan fingerprint density at radius 2 is 1.74 bits per heavy atom. The van der Waals surface area contributed by atoms with Crippen molar-refractivity contribution in [2.75, 3.05) is 6.61 Å². The number of ether oxygens (including phenoxy) is 4. The molecule has 0 spiro atoms. The Kier molecular flexibility index (Phi) is 6.86. The predicted octanol–water partition coefficient (Wildman–Crippen LogP) is 1.21. The van der Waals surface area contributed by atoms with Gasteiger partial charge in [-0.15, -0.1) is 0 Å². The lowest BCUT2D eigenvalue weighted by Crippen LogP contribution is -2.71. The van der Waals surface area contributed by atoms with Crippen LogP contribution < -0.4 is 5.32 Å². The minimum absolute atomic E-state index is 0.0724. The van der Waals surface area contributed by atoms with Crippen molar-refractivity contribution in [1.82, 2.24) is 5.32 Å². The summed E-state index contributed by atoms with van der Waals surface area (Å²) in [6, 6.07) is 0. The van der Waals surface area contributed by atoms with E-state index < -0.39 is 67.8 Å². The van der Waals surface area contributed by atoms with Crippen LogP contribution in [0.15, 0.2) is 0 Å². The summed E-state index contributed by atoms with van der Waals surface area (Å²) in [5.41, 5.74) is -2.33. The van der Waals surface area contributed by atoms with E-state index in [9.17, 15) is 24.3 Å². The van der Waals surface area contributed by atoms with E-state index in [0.717, 1.165) is 6.42 Å². The Labute approximate surface area is 160 Å². The Balaban J connectivity index is 3.20. The maximum atomic E-state index is 12.1. The first-order chi connectivity index (χ1) is 13.6. The average Bonchev–Trinajstić information content (AvgIpc) is 2.67. The molecule has 1 aliphatic rings. The molecule has 1 aliphatic heterocycles. The molecule has 0 aromatic carbocycles. The number of rotatable bonds is 7. The number of unbranched alkanes of at least 4 members (excludes halogenated alkanes) is 1. The number of carboxylic acid groups (broad SMARTS) is 1. The fourth-order valence-corrected chi connectivity index (χ4v) is 2.82. The molecule has 0 saturated carbocycles. The predicted molar refractivity (Wildman–Crippen MR) is 90.6 cm³/mol. The number of carbonyl (C=O) groups is 4. The summed E-state index contributed by atoms with van der Waals surface area (Å²) in [5.74, 6) is -4.71. The van der Waals surface area contributed by atoms with Gasteiger partial charge in [-0.05, 0) is 13.3 Å². The normalized spacial score (nSPS) is 31.1. The molecule has 0 aliphatic carbocycles. The van der Waals surface area contributed by atoms with E-state index in [2.05, 4.69) is 5.32 Å². The minimum Gasteiger partial charge on any atom is -0.478 e. The van der Waals surface area contributed by atoms with Crippen molar-refractivity contribution in [3.8, 4) is 0 Å². The van der Waals surface area contributed by atoms with E-state index >= 15 is 0 Å². The van der Waals surface area contributed by atoms with Gasteiger partial charge in [-0.3, -0.25) is 14.9 Å². The monoisotopic (exact) mass is 393 g/mol. The van der Waals surface area contributed by atoms with E-state index in [-0.39, 0.29) is 6.61 Å². The molecule has 1 saturated heterocycles. The van der Waals surface area contributed by atoms with Crippen LogP contribution in [0.4, 0.5) is 4.79 Å². The van der Waals surface area contributed by atoms with Crippen LogP contribution in [0.2, 0.25) is 0 Å². The van der Waals surface area contributed by atoms with Gasteiger partial charge in [0.05, 0.1) is 18.6 Å². The van der Waals surface area contributed by atoms with Crippen LogP contribution in [0.1, 0.15) is 50.2 Å². The highest BCUT2D eigenvalue weighted by Gasteiger charge is 2.60. The van der Waals surface area contributed by atoms with Gasteiger partial charge in [0.2, 0.25) is 5.72 Å².